The van der Waals surface area contributed by atoms with E-state index in [2.05, 4.69) is 12.2 Å². The first kappa shape index (κ1) is 13.3. The number of thioether (sulfide) groups is 1. The Morgan fingerprint density at radius 3 is 2.67 bits per heavy atom. The van der Waals surface area contributed by atoms with E-state index in [1.807, 2.05) is 11.8 Å². The molecule has 1 aliphatic carbocycles. The van der Waals surface area contributed by atoms with Crippen LogP contribution in [0, 0.1) is 5.92 Å². The summed E-state index contributed by atoms with van der Waals surface area (Å²) in [6, 6.07) is 0. The maximum absolute atomic E-state index is 9.37. The summed E-state index contributed by atoms with van der Waals surface area (Å²) < 4.78 is 0. The van der Waals surface area contributed by atoms with E-state index >= 15 is 0 Å². The zero-order valence-corrected chi connectivity index (χ0v) is 10.7. The fourth-order valence-corrected chi connectivity index (χ4v) is 2.74. The zero-order chi connectivity index (χ0) is 10.9. The molecule has 0 aromatic heterocycles. The third kappa shape index (κ3) is 6.44. The maximum atomic E-state index is 9.37. The molecule has 0 radical (unpaired) electrons. The smallest absolute Gasteiger partial charge is 0.0540 e. The van der Waals surface area contributed by atoms with Gasteiger partial charge in [-0.25, -0.2) is 0 Å². The van der Waals surface area contributed by atoms with Crippen molar-refractivity contribution in [2.24, 2.45) is 5.92 Å². The molecule has 0 bridgehead atoms. The van der Waals surface area contributed by atoms with Crippen LogP contribution in [0.2, 0.25) is 0 Å². The van der Waals surface area contributed by atoms with Gasteiger partial charge >= 0.3 is 0 Å². The molecule has 0 spiro atoms. The molecule has 3 heteroatoms. The SMILES string of the molecule is CCSCCCNCC1CCC(O)CC1. The van der Waals surface area contributed by atoms with Gasteiger partial charge in [-0.05, 0) is 62.6 Å². The van der Waals surface area contributed by atoms with E-state index in [4.69, 9.17) is 0 Å². The summed E-state index contributed by atoms with van der Waals surface area (Å²) >= 11 is 2.02. The normalized spacial score (nSPS) is 26.8. The molecule has 2 nitrogen and oxygen atoms in total. The average Bonchev–Trinajstić information content (AvgIpc) is 2.26. The van der Waals surface area contributed by atoms with E-state index in [9.17, 15) is 5.11 Å². The van der Waals surface area contributed by atoms with E-state index in [1.54, 1.807) is 0 Å². The van der Waals surface area contributed by atoms with Crippen molar-refractivity contribution in [3.8, 4) is 0 Å². The molecular formula is C12H25NOS. The molecule has 1 aliphatic rings. The highest BCUT2D eigenvalue weighted by molar-refractivity contribution is 7.99. The van der Waals surface area contributed by atoms with Crippen LogP contribution in [-0.4, -0.2) is 35.8 Å². The molecule has 0 aromatic rings. The van der Waals surface area contributed by atoms with Gasteiger partial charge in [0.05, 0.1) is 6.10 Å². The van der Waals surface area contributed by atoms with Crippen LogP contribution < -0.4 is 5.32 Å². The van der Waals surface area contributed by atoms with Crippen LogP contribution in [0.4, 0.5) is 0 Å². The summed E-state index contributed by atoms with van der Waals surface area (Å²) in [5.41, 5.74) is 0. The molecule has 0 heterocycles. The number of aliphatic hydroxyl groups excluding tert-OH is 1. The summed E-state index contributed by atoms with van der Waals surface area (Å²) in [6.45, 7) is 4.53. The first-order chi connectivity index (χ1) is 7.33. The van der Waals surface area contributed by atoms with E-state index in [0.29, 0.717) is 0 Å². The Morgan fingerprint density at radius 2 is 2.00 bits per heavy atom. The predicted molar refractivity (Wildman–Crippen MR) is 68.5 cm³/mol. The van der Waals surface area contributed by atoms with Gasteiger partial charge in [-0.2, -0.15) is 11.8 Å². The lowest BCUT2D eigenvalue weighted by molar-refractivity contribution is 0.108. The standard InChI is InChI=1S/C12H25NOS/c1-2-15-9-3-8-13-10-11-4-6-12(14)7-5-11/h11-14H,2-10H2,1H3. The molecule has 0 saturated heterocycles. The van der Waals surface area contributed by atoms with Crippen molar-refractivity contribution < 1.29 is 5.11 Å². The van der Waals surface area contributed by atoms with Gasteiger partial charge in [0.1, 0.15) is 0 Å². The molecule has 2 N–H and O–H groups in total. The topological polar surface area (TPSA) is 32.3 Å². The van der Waals surface area contributed by atoms with E-state index in [-0.39, 0.29) is 6.10 Å². The molecule has 1 fully saturated rings. The number of hydrogen-bond donors (Lipinski definition) is 2. The van der Waals surface area contributed by atoms with Crippen LogP contribution in [-0.2, 0) is 0 Å². The first-order valence-corrected chi connectivity index (χ1v) is 7.45. The largest absolute Gasteiger partial charge is 0.393 e. The molecule has 0 aliphatic heterocycles. The molecule has 1 saturated carbocycles. The van der Waals surface area contributed by atoms with Crippen LogP contribution in [0.5, 0.6) is 0 Å². The van der Waals surface area contributed by atoms with Gasteiger partial charge in [0.2, 0.25) is 0 Å². The fourth-order valence-electron chi connectivity index (χ4n) is 2.10. The Balaban J connectivity index is 1.87. The van der Waals surface area contributed by atoms with Crippen molar-refractivity contribution >= 4 is 11.8 Å². The highest BCUT2D eigenvalue weighted by Crippen LogP contribution is 2.23. The van der Waals surface area contributed by atoms with Gasteiger partial charge < -0.3 is 10.4 Å². The van der Waals surface area contributed by atoms with Crippen LogP contribution in [0.25, 0.3) is 0 Å². The Labute approximate surface area is 98.2 Å². The predicted octanol–water partition coefficient (Wildman–Crippen LogP) is 2.27. The van der Waals surface area contributed by atoms with Gasteiger partial charge in [0.25, 0.3) is 0 Å². The van der Waals surface area contributed by atoms with E-state index < -0.39 is 0 Å². The van der Waals surface area contributed by atoms with Crippen LogP contribution in [0.15, 0.2) is 0 Å². The van der Waals surface area contributed by atoms with Crippen molar-refractivity contribution in [1.29, 1.82) is 0 Å². The second-order valence-electron chi connectivity index (χ2n) is 4.43. The fraction of sp³-hybridized carbons (Fsp3) is 1.00. The number of rotatable bonds is 7. The third-order valence-corrected chi connectivity index (χ3v) is 4.08. The molecule has 90 valence electrons. The van der Waals surface area contributed by atoms with Gasteiger partial charge in [0, 0.05) is 0 Å². The Hall–Kier alpha value is 0.270. The van der Waals surface area contributed by atoms with Gasteiger partial charge in [-0.1, -0.05) is 6.92 Å². The Bertz CT molecular complexity index is 147. The number of aliphatic hydroxyl groups is 1. The maximum Gasteiger partial charge on any atom is 0.0540 e. The lowest BCUT2D eigenvalue weighted by Crippen LogP contribution is -2.28. The van der Waals surface area contributed by atoms with E-state index in [1.165, 1.54) is 30.8 Å². The minimum Gasteiger partial charge on any atom is -0.393 e. The Kier molecular flexibility index (Phi) is 7.49. The lowest BCUT2D eigenvalue weighted by Gasteiger charge is -2.25. The van der Waals surface area contributed by atoms with Crippen molar-refractivity contribution in [3.05, 3.63) is 0 Å². The van der Waals surface area contributed by atoms with Crippen molar-refractivity contribution in [3.63, 3.8) is 0 Å². The van der Waals surface area contributed by atoms with Crippen molar-refractivity contribution in [1.82, 2.24) is 5.32 Å². The van der Waals surface area contributed by atoms with Crippen LogP contribution >= 0.6 is 11.8 Å². The van der Waals surface area contributed by atoms with Crippen molar-refractivity contribution in [2.45, 2.75) is 45.1 Å². The van der Waals surface area contributed by atoms with Gasteiger partial charge in [-0.3, -0.25) is 0 Å². The highest BCUT2D eigenvalue weighted by Gasteiger charge is 2.18. The monoisotopic (exact) mass is 231 g/mol. The summed E-state index contributed by atoms with van der Waals surface area (Å²) in [6.07, 6.45) is 5.71. The van der Waals surface area contributed by atoms with Gasteiger partial charge in [-0.15, -0.1) is 0 Å². The molecule has 0 unspecified atom stereocenters. The number of nitrogens with one attached hydrogen (secondary N) is 1. The highest BCUT2D eigenvalue weighted by atomic mass is 32.2. The van der Waals surface area contributed by atoms with Gasteiger partial charge in [0.15, 0.2) is 0 Å². The Morgan fingerprint density at radius 1 is 1.27 bits per heavy atom. The summed E-state index contributed by atoms with van der Waals surface area (Å²) in [4.78, 5) is 0. The summed E-state index contributed by atoms with van der Waals surface area (Å²) in [7, 11) is 0. The molecule has 0 amide bonds. The van der Waals surface area contributed by atoms with Crippen molar-refractivity contribution in [2.75, 3.05) is 24.6 Å². The lowest BCUT2D eigenvalue weighted by atomic mass is 9.87. The zero-order valence-electron chi connectivity index (χ0n) is 9.87. The molecule has 1 rings (SSSR count). The summed E-state index contributed by atoms with van der Waals surface area (Å²) in [5.74, 6) is 3.33. The molecular weight excluding hydrogens is 206 g/mol. The molecule has 15 heavy (non-hydrogen) atoms. The van der Waals surface area contributed by atoms with Crippen LogP contribution in [0.3, 0.4) is 0 Å². The average molecular weight is 231 g/mol. The van der Waals surface area contributed by atoms with Crippen LogP contribution in [0.1, 0.15) is 39.0 Å². The second-order valence-corrected chi connectivity index (χ2v) is 5.82. The quantitative estimate of drug-likeness (QED) is 0.659. The first-order valence-electron chi connectivity index (χ1n) is 6.29. The molecule has 0 atom stereocenters. The third-order valence-electron chi connectivity index (χ3n) is 3.10. The van der Waals surface area contributed by atoms with E-state index in [0.717, 1.165) is 31.8 Å². The summed E-state index contributed by atoms with van der Waals surface area (Å²) in [5, 5.41) is 12.9. The molecule has 0 aromatic carbocycles. The minimum atomic E-state index is -0.0118. The number of hydrogen-bond acceptors (Lipinski definition) is 3. The minimum absolute atomic E-state index is 0.0118. The second kappa shape index (κ2) is 8.43.